The van der Waals surface area contributed by atoms with Crippen LogP contribution in [-0.2, 0) is 17.7 Å². The first kappa shape index (κ1) is 21.6. The third-order valence-corrected chi connectivity index (χ3v) is 6.57. The fourth-order valence-electron chi connectivity index (χ4n) is 4.97. The second kappa shape index (κ2) is 9.25. The number of aromatic carboxylic acids is 1. The third kappa shape index (κ3) is 4.39. The molecule has 5 nitrogen and oxygen atoms in total. The molecule has 1 saturated heterocycles. The first-order chi connectivity index (χ1) is 15.0. The van der Waals surface area contributed by atoms with Crippen molar-refractivity contribution in [1.29, 1.82) is 0 Å². The zero-order chi connectivity index (χ0) is 22.0. The van der Waals surface area contributed by atoms with E-state index in [0.29, 0.717) is 12.2 Å². The number of carbonyl (C=O) groups is 1. The number of allylic oxidation sites excluding steroid dienone is 1. The molecular weight excluding hydrogens is 390 g/mol. The Balaban J connectivity index is 1.67. The van der Waals surface area contributed by atoms with E-state index < -0.39 is 5.97 Å². The minimum Gasteiger partial charge on any atom is -0.496 e. The van der Waals surface area contributed by atoms with E-state index in [0.717, 1.165) is 43.7 Å². The molecule has 0 unspecified atom stereocenters. The van der Waals surface area contributed by atoms with Crippen LogP contribution < -0.4 is 4.74 Å². The molecule has 0 spiro atoms. The highest BCUT2D eigenvalue weighted by atomic mass is 16.5. The molecule has 0 amide bonds. The van der Waals surface area contributed by atoms with Crippen molar-refractivity contribution in [3.8, 4) is 5.75 Å². The molecule has 5 heteroatoms. The third-order valence-electron chi connectivity index (χ3n) is 6.57. The molecule has 1 aliphatic heterocycles. The SMILES string of the molecule is CCO[C@H]1CCN(Cc2c(OC)cc(C)c3c2C=CC3)[C@H](c2ccc(C(=O)O)cc2)C1. The standard InChI is InChI=1S/C26H31NO4/c1-4-31-20-12-13-27(24(15-20)18-8-10-19(11-9-18)26(28)29)16-23-22-7-5-6-21(22)17(2)14-25(23)30-3/h5,7-11,14,20,24H,4,6,12-13,15-16H2,1-3H3,(H,28,29)/t20-,24-/m0/s1. The van der Waals surface area contributed by atoms with Crippen LogP contribution in [0.5, 0.6) is 5.75 Å². The van der Waals surface area contributed by atoms with Crippen LogP contribution in [0.2, 0.25) is 0 Å². The summed E-state index contributed by atoms with van der Waals surface area (Å²) in [7, 11) is 1.74. The minimum atomic E-state index is -0.897. The number of hydrogen-bond donors (Lipinski definition) is 1. The van der Waals surface area contributed by atoms with Crippen molar-refractivity contribution in [1.82, 2.24) is 4.90 Å². The lowest BCUT2D eigenvalue weighted by atomic mass is 9.90. The number of aryl methyl sites for hydroxylation is 1. The summed E-state index contributed by atoms with van der Waals surface area (Å²) in [6, 6.07) is 9.63. The Bertz CT molecular complexity index is 980. The first-order valence-corrected chi connectivity index (χ1v) is 11.1. The number of methoxy groups -OCH3 is 1. The minimum absolute atomic E-state index is 0.167. The van der Waals surface area contributed by atoms with Crippen LogP contribution in [0, 0.1) is 6.92 Å². The van der Waals surface area contributed by atoms with E-state index in [9.17, 15) is 9.90 Å². The lowest BCUT2D eigenvalue weighted by Gasteiger charge is -2.40. The van der Waals surface area contributed by atoms with Gasteiger partial charge in [0.2, 0.25) is 0 Å². The van der Waals surface area contributed by atoms with Crippen LogP contribution in [-0.4, -0.2) is 42.3 Å². The number of benzene rings is 2. The molecule has 0 bridgehead atoms. The average Bonchev–Trinajstić information content (AvgIpc) is 3.27. The fraction of sp³-hybridized carbons (Fsp3) is 0.423. The molecule has 2 aromatic carbocycles. The van der Waals surface area contributed by atoms with Crippen molar-refractivity contribution in [2.45, 2.75) is 51.8 Å². The molecule has 164 valence electrons. The van der Waals surface area contributed by atoms with Gasteiger partial charge in [-0.2, -0.15) is 0 Å². The van der Waals surface area contributed by atoms with Crippen molar-refractivity contribution < 1.29 is 19.4 Å². The molecule has 0 aromatic heterocycles. The Hall–Kier alpha value is -2.63. The highest BCUT2D eigenvalue weighted by molar-refractivity contribution is 5.87. The zero-order valence-corrected chi connectivity index (χ0v) is 18.6. The Labute approximate surface area is 184 Å². The predicted molar refractivity (Wildman–Crippen MR) is 122 cm³/mol. The molecule has 0 saturated carbocycles. The number of hydrogen-bond acceptors (Lipinski definition) is 4. The van der Waals surface area contributed by atoms with Gasteiger partial charge in [-0.3, -0.25) is 4.90 Å². The van der Waals surface area contributed by atoms with Crippen LogP contribution in [0.4, 0.5) is 0 Å². The van der Waals surface area contributed by atoms with Crippen LogP contribution >= 0.6 is 0 Å². The quantitative estimate of drug-likeness (QED) is 0.681. The first-order valence-electron chi connectivity index (χ1n) is 11.1. The van der Waals surface area contributed by atoms with Gasteiger partial charge in [-0.05, 0) is 73.6 Å². The molecule has 2 aromatic rings. The summed E-state index contributed by atoms with van der Waals surface area (Å²) in [5.41, 5.74) is 6.64. The fourth-order valence-corrected chi connectivity index (χ4v) is 4.97. The predicted octanol–water partition coefficient (Wildman–Crippen LogP) is 5.01. The van der Waals surface area contributed by atoms with E-state index in [2.05, 4.69) is 30.0 Å². The van der Waals surface area contributed by atoms with E-state index in [1.807, 2.05) is 19.1 Å². The summed E-state index contributed by atoms with van der Waals surface area (Å²) in [6.07, 6.45) is 7.53. The summed E-state index contributed by atoms with van der Waals surface area (Å²) in [4.78, 5) is 13.8. The maximum absolute atomic E-state index is 11.3. The molecule has 1 N–H and O–H groups in total. The summed E-state index contributed by atoms with van der Waals surface area (Å²) >= 11 is 0. The summed E-state index contributed by atoms with van der Waals surface area (Å²) in [6.45, 7) is 6.61. The summed E-state index contributed by atoms with van der Waals surface area (Å²) in [5, 5.41) is 9.26. The van der Waals surface area contributed by atoms with Crippen molar-refractivity contribution in [2.24, 2.45) is 0 Å². The molecule has 31 heavy (non-hydrogen) atoms. The van der Waals surface area contributed by atoms with E-state index in [1.165, 1.54) is 22.3 Å². The van der Waals surface area contributed by atoms with Crippen LogP contribution in [0.3, 0.4) is 0 Å². The van der Waals surface area contributed by atoms with Crippen molar-refractivity contribution in [3.05, 3.63) is 69.8 Å². The van der Waals surface area contributed by atoms with Gasteiger partial charge in [0.05, 0.1) is 18.8 Å². The van der Waals surface area contributed by atoms with Crippen molar-refractivity contribution in [3.63, 3.8) is 0 Å². The molecular formula is C26H31NO4. The molecule has 2 aliphatic rings. The smallest absolute Gasteiger partial charge is 0.335 e. The lowest BCUT2D eigenvalue weighted by Crippen LogP contribution is -2.39. The van der Waals surface area contributed by atoms with Gasteiger partial charge in [0, 0.05) is 31.3 Å². The highest BCUT2D eigenvalue weighted by Crippen LogP contribution is 2.39. The van der Waals surface area contributed by atoms with Crippen LogP contribution in [0.15, 0.2) is 36.4 Å². The van der Waals surface area contributed by atoms with Gasteiger partial charge >= 0.3 is 5.97 Å². The van der Waals surface area contributed by atoms with Crippen LogP contribution in [0.1, 0.15) is 64.0 Å². The number of nitrogens with zero attached hydrogens (tertiary/aromatic N) is 1. The molecule has 1 fully saturated rings. The van der Waals surface area contributed by atoms with Gasteiger partial charge in [0.15, 0.2) is 0 Å². The second-order valence-electron chi connectivity index (χ2n) is 8.39. The van der Waals surface area contributed by atoms with E-state index in [4.69, 9.17) is 9.47 Å². The van der Waals surface area contributed by atoms with Crippen molar-refractivity contribution in [2.75, 3.05) is 20.3 Å². The van der Waals surface area contributed by atoms with Gasteiger partial charge in [0.25, 0.3) is 0 Å². The highest BCUT2D eigenvalue weighted by Gasteiger charge is 2.31. The van der Waals surface area contributed by atoms with E-state index in [1.54, 1.807) is 19.2 Å². The lowest BCUT2D eigenvalue weighted by molar-refractivity contribution is -0.0139. The molecule has 1 heterocycles. The Morgan fingerprint density at radius 2 is 2.03 bits per heavy atom. The molecule has 0 radical (unpaired) electrons. The van der Waals surface area contributed by atoms with Gasteiger partial charge in [-0.1, -0.05) is 24.3 Å². The molecule has 1 aliphatic carbocycles. The number of fused-ring (bicyclic) bond motifs is 1. The number of ether oxygens (including phenoxy) is 2. The summed E-state index contributed by atoms with van der Waals surface area (Å²) in [5.74, 6) is 0.0423. The Morgan fingerprint density at radius 3 is 2.71 bits per heavy atom. The number of carboxylic acids is 1. The Morgan fingerprint density at radius 1 is 1.26 bits per heavy atom. The van der Waals surface area contributed by atoms with Crippen molar-refractivity contribution >= 4 is 12.0 Å². The van der Waals surface area contributed by atoms with Gasteiger partial charge in [-0.15, -0.1) is 0 Å². The van der Waals surface area contributed by atoms with Crippen LogP contribution in [0.25, 0.3) is 6.08 Å². The van der Waals surface area contributed by atoms with Gasteiger partial charge < -0.3 is 14.6 Å². The summed E-state index contributed by atoms with van der Waals surface area (Å²) < 4.78 is 11.8. The number of likely N-dealkylation sites (tertiary alicyclic amines) is 1. The average molecular weight is 422 g/mol. The van der Waals surface area contributed by atoms with Gasteiger partial charge in [-0.25, -0.2) is 4.79 Å². The second-order valence-corrected chi connectivity index (χ2v) is 8.39. The van der Waals surface area contributed by atoms with E-state index >= 15 is 0 Å². The zero-order valence-electron chi connectivity index (χ0n) is 18.6. The largest absolute Gasteiger partial charge is 0.496 e. The number of rotatable bonds is 7. The molecule has 4 rings (SSSR count). The Kier molecular flexibility index (Phi) is 6.44. The maximum Gasteiger partial charge on any atom is 0.335 e. The monoisotopic (exact) mass is 421 g/mol. The molecule has 2 atom stereocenters. The topological polar surface area (TPSA) is 59.0 Å². The van der Waals surface area contributed by atoms with E-state index in [-0.39, 0.29) is 12.1 Å². The normalized spacial score (nSPS) is 20.6. The number of carboxylic acid groups (broad SMARTS) is 1. The van der Waals surface area contributed by atoms with Gasteiger partial charge in [0.1, 0.15) is 5.75 Å². The number of piperidine rings is 1. The maximum atomic E-state index is 11.3.